The standard InChI is InChI=1S/C16H24N2O2/c1-12(2)20-15-8-6-14(7-9-15)17-16(19)13-5-4-10-18(3)11-13/h6-9,12-13H,4-5,10-11H2,1-3H3,(H,17,19). The molecule has 1 atom stereocenters. The largest absolute Gasteiger partial charge is 0.491 e. The minimum atomic E-state index is 0.0975. The summed E-state index contributed by atoms with van der Waals surface area (Å²) in [5.41, 5.74) is 0.833. The fourth-order valence-corrected chi connectivity index (χ4v) is 2.51. The monoisotopic (exact) mass is 276 g/mol. The topological polar surface area (TPSA) is 41.6 Å². The molecule has 0 spiro atoms. The van der Waals surface area contributed by atoms with Gasteiger partial charge in [0.25, 0.3) is 0 Å². The van der Waals surface area contributed by atoms with Gasteiger partial charge in [0, 0.05) is 12.2 Å². The second kappa shape index (κ2) is 6.75. The summed E-state index contributed by atoms with van der Waals surface area (Å²) in [6, 6.07) is 7.57. The van der Waals surface area contributed by atoms with Crippen molar-refractivity contribution in [3.8, 4) is 5.75 Å². The van der Waals surface area contributed by atoms with Gasteiger partial charge in [0.15, 0.2) is 0 Å². The molecule has 1 aromatic carbocycles. The molecule has 1 aliphatic heterocycles. The van der Waals surface area contributed by atoms with Crippen molar-refractivity contribution in [2.75, 3.05) is 25.5 Å². The molecule has 20 heavy (non-hydrogen) atoms. The van der Waals surface area contributed by atoms with E-state index in [2.05, 4.69) is 17.3 Å². The molecule has 1 unspecified atom stereocenters. The molecular formula is C16H24N2O2. The van der Waals surface area contributed by atoms with Crippen molar-refractivity contribution in [1.29, 1.82) is 0 Å². The molecule has 1 fully saturated rings. The molecule has 4 nitrogen and oxygen atoms in total. The summed E-state index contributed by atoms with van der Waals surface area (Å²) in [6.45, 7) is 5.93. The number of nitrogens with zero attached hydrogens (tertiary/aromatic N) is 1. The van der Waals surface area contributed by atoms with Gasteiger partial charge in [-0.25, -0.2) is 0 Å². The summed E-state index contributed by atoms with van der Waals surface area (Å²) < 4.78 is 5.59. The number of carbonyl (C=O) groups is 1. The van der Waals surface area contributed by atoms with Crippen LogP contribution in [0.5, 0.6) is 5.75 Å². The Bertz CT molecular complexity index is 442. The van der Waals surface area contributed by atoms with Crippen LogP contribution in [0.2, 0.25) is 0 Å². The predicted molar refractivity (Wildman–Crippen MR) is 81.1 cm³/mol. The van der Waals surface area contributed by atoms with E-state index in [-0.39, 0.29) is 17.9 Å². The number of nitrogens with one attached hydrogen (secondary N) is 1. The Labute approximate surface area is 121 Å². The number of carbonyl (C=O) groups excluding carboxylic acids is 1. The van der Waals surface area contributed by atoms with Gasteiger partial charge in [-0.05, 0) is 64.5 Å². The maximum absolute atomic E-state index is 12.2. The number of rotatable bonds is 4. The molecule has 0 saturated carbocycles. The van der Waals surface area contributed by atoms with Crippen LogP contribution in [0.4, 0.5) is 5.69 Å². The summed E-state index contributed by atoms with van der Waals surface area (Å²) in [6.07, 6.45) is 2.23. The van der Waals surface area contributed by atoms with E-state index in [9.17, 15) is 4.79 Å². The van der Waals surface area contributed by atoms with Crippen molar-refractivity contribution in [1.82, 2.24) is 4.90 Å². The van der Waals surface area contributed by atoms with Crippen molar-refractivity contribution in [2.24, 2.45) is 5.92 Å². The van der Waals surface area contributed by atoms with Crippen LogP contribution in [0.25, 0.3) is 0 Å². The number of piperidine rings is 1. The zero-order chi connectivity index (χ0) is 14.5. The Hall–Kier alpha value is -1.55. The molecular weight excluding hydrogens is 252 g/mol. The number of anilines is 1. The van der Waals surface area contributed by atoms with Gasteiger partial charge in [0.05, 0.1) is 12.0 Å². The number of benzene rings is 1. The smallest absolute Gasteiger partial charge is 0.228 e. The van der Waals surface area contributed by atoms with Gasteiger partial charge >= 0.3 is 0 Å². The number of likely N-dealkylation sites (tertiary alicyclic amines) is 1. The Morgan fingerprint density at radius 2 is 2.05 bits per heavy atom. The van der Waals surface area contributed by atoms with Crippen molar-refractivity contribution in [3.63, 3.8) is 0 Å². The minimum Gasteiger partial charge on any atom is -0.491 e. The van der Waals surface area contributed by atoms with Crippen LogP contribution in [-0.4, -0.2) is 37.0 Å². The van der Waals surface area contributed by atoms with Gasteiger partial charge in [-0.2, -0.15) is 0 Å². The van der Waals surface area contributed by atoms with Crippen LogP contribution in [0, 0.1) is 5.92 Å². The van der Waals surface area contributed by atoms with E-state index in [4.69, 9.17) is 4.74 Å². The summed E-state index contributed by atoms with van der Waals surface area (Å²) in [7, 11) is 2.07. The van der Waals surface area contributed by atoms with E-state index in [1.807, 2.05) is 38.1 Å². The molecule has 1 saturated heterocycles. The van der Waals surface area contributed by atoms with Gasteiger partial charge in [0.2, 0.25) is 5.91 Å². The van der Waals surface area contributed by atoms with Gasteiger partial charge in [-0.1, -0.05) is 0 Å². The lowest BCUT2D eigenvalue weighted by atomic mass is 9.97. The van der Waals surface area contributed by atoms with E-state index < -0.39 is 0 Å². The SMILES string of the molecule is CC(C)Oc1ccc(NC(=O)C2CCCN(C)C2)cc1. The number of hydrogen-bond acceptors (Lipinski definition) is 3. The highest BCUT2D eigenvalue weighted by Crippen LogP contribution is 2.20. The Balaban J connectivity index is 1.90. The summed E-state index contributed by atoms with van der Waals surface area (Å²) >= 11 is 0. The molecule has 0 aliphatic carbocycles. The second-order valence-electron chi connectivity index (χ2n) is 5.78. The maximum atomic E-state index is 12.2. The first-order valence-corrected chi connectivity index (χ1v) is 7.30. The third-order valence-corrected chi connectivity index (χ3v) is 3.49. The molecule has 1 N–H and O–H groups in total. The van der Waals surface area contributed by atoms with Gasteiger partial charge < -0.3 is 15.0 Å². The zero-order valence-corrected chi connectivity index (χ0v) is 12.6. The van der Waals surface area contributed by atoms with Gasteiger partial charge in [-0.15, -0.1) is 0 Å². The summed E-state index contributed by atoms with van der Waals surface area (Å²) in [5.74, 6) is 1.05. The molecule has 0 aromatic heterocycles. The molecule has 0 bridgehead atoms. The minimum absolute atomic E-state index is 0.0975. The van der Waals surface area contributed by atoms with E-state index in [0.29, 0.717) is 0 Å². The fourth-order valence-electron chi connectivity index (χ4n) is 2.51. The van der Waals surface area contributed by atoms with E-state index >= 15 is 0 Å². The lowest BCUT2D eigenvalue weighted by Gasteiger charge is -2.28. The Kier molecular flexibility index (Phi) is 5.01. The van der Waals surface area contributed by atoms with Crippen molar-refractivity contribution >= 4 is 11.6 Å². The highest BCUT2D eigenvalue weighted by Gasteiger charge is 2.23. The lowest BCUT2D eigenvalue weighted by molar-refractivity contribution is -0.121. The summed E-state index contributed by atoms with van der Waals surface area (Å²) in [4.78, 5) is 14.4. The van der Waals surface area contributed by atoms with Crippen LogP contribution in [-0.2, 0) is 4.79 Å². The van der Waals surface area contributed by atoms with Gasteiger partial charge in [0.1, 0.15) is 5.75 Å². The average Bonchev–Trinajstić information content (AvgIpc) is 2.40. The lowest BCUT2D eigenvalue weighted by Crippen LogP contribution is -2.38. The molecule has 1 amide bonds. The van der Waals surface area contributed by atoms with Crippen LogP contribution in [0.3, 0.4) is 0 Å². The summed E-state index contributed by atoms with van der Waals surface area (Å²) in [5, 5.41) is 2.99. The fraction of sp³-hybridized carbons (Fsp3) is 0.562. The van der Waals surface area contributed by atoms with Crippen molar-refractivity contribution < 1.29 is 9.53 Å². The first-order chi connectivity index (χ1) is 9.54. The Morgan fingerprint density at radius 3 is 2.65 bits per heavy atom. The Morgan fingerprint density at radius 1 is 1.35 bits per heavy atom. The number of hydrogen-bond donors (Lipinski definition) is 1. The molecule has 1 heterocycles. The molecule has 2 rings (SSSR count). The molecule has 1 aliphatic rings. The number of ether oxygens (including phenoxy) is 1. The first-order valence-electron chi connectivity index (χ1n) is 7.30. The van der Waals surface area contributed by atoms with Crippen LogP contribution >= 0.6 is 0 Å². The zero-order valence-electron chi connectivity index (χ0n) is 12.6. The van der Waals surface area contributed by atoms with Crippen LogP contribution in [0.15, 0.2) is 24.3 Å². The van der Waals surface area contributed by atoms with Crippen molar-refractivity contribution in [2.45, 2.75) is 32.8 Å². The van der Waals surface area contributed by atoms with E-state index in [1.165, 1.54) is 0 Å². The quantitative estimate of drug-likeness (QED) is 0.919. The van der Waals surface area contributed by atoms with Gasteiger partial charge in [-0.3, -0.25) is 4.79 Å². The third-order valence-electron chi connectivity index (χ3n) is 3.49. The third kappa shape index (κ3) is 4.23. The van der Waals surface area contributed by atoms with E-state index in [1.54, 1.807) is 0 Å². The highest BCUT2D eigenvalue weighted by molar-refractivity contribution is 5.92. The second-order valence-corrected chi connectivity index (χ2v) is 5.78. The number of amides is 1. The van der Waals surface area contributed by atoms with Crippen LogP contribution in [0.1, 0.15) is 26.7 Å². The molecule has 110 valence electrons. The first kappa shape index (κ1) is 14.9. The highest BCUT2D eigenvalue weighted by atomic mass is 16.5. The van der Waals surface area contributed by atoms with Crippen molar-refractivity contribution in [3.05, 3.63) is 24.3 Å². The predicted octanol–water partition coefficient (Wildman–Crippen LogP) is 2.75. The average molecular weight is 276 g/mol. The molecule has 0 radical (unpaired) electrons. The molecule has 4 heteroatoms. The van der Waals surface area contributed by atoms with Crippen LogP contribution < -0.4 is 10.1 Å². The normalized spacial score (nSPS) is 19.9. The maximum Gasteiger partial charge on any atom is 0.228 e. The van der Waals surface area contributed by atoms with E-state index in [0.717, 1.165) is 37.4 Å². The molecule has 1 aromatic rings.